The standard InChI is InChI=1S/C16H20N2O5S/c19-14(16(6-7-16)15(20)21)17-8-10-18(11-9-17)24(22,23)12-13-4-2-1-3-5-13/h1-5H,6-12H2,(H,20,21). The average Bonchev–Trinajstić information content (AvgIpc) is 3.37. The van der Waals surface area contributed by atoms with Crippen LogP contribution >= 0.6 is 0 Å². The summed E-state index contributed by atoms with van der Waals surface area (Å²) in [7, 11) is -3.44. The summed E-state index contributed by atoms with van der Waals surface area (Å²) in [6.45, 7) is 0.886. The number of hydrogen-bond acceptors (Lipinski definition) is 4. The molecule has 1 aromatic carbocycles. The highest BCUT2D eigenvalue weighted by atomic mass is 32.2. The van der Waals surface area contributed by atoms with Crippen LogP contribution in [-0.4, -0.2) is 60.8 Å². The van der Waals surface area contributed by atoms with Crippen molar-refractivity contribution in [2.75, 3.05) is 26.2 Å². The SMILES string of the molecule is O=C(O)C1(C(=O)N2CCN(S(=O)(=O)Cc3ccccc3)CC2)CC1. The number of amides is 1. The molecule has 2 fully saturated rings. The molecular weight excluding hydrogens is 332 g/mol. The molecule has 0 spiro atoms. The highest BCUT2D eigenvalue weighted by Crippen LogP contribution is 2.47. The molecule has 1 N–H and O–H groups in total. The molecule has 0 atom stereocenters. The summed E-state index contributed by atoms with van der Waals surface area (Å²) < 4.78 is 26.3. The van der Waals surface area contributed by atoms with Crippen LogP contribution in [0.3, 0.4) is 0 Å². The number of carboxylic acid groups (broad SMARTS) is 1. The van der Waals surface area contributed by atoms with Crippen molar-refractivity contribution in [1.82, 2.24) is 9.21 Å². The van der Waals surface area contributed by atoms with Crippen molar-refractivity contribution in [3.05, 3.63) is 35.9 Å². The molecule has 8 heteroatoms. The van der Waals surface area contributed by atoms with Gasteiger partial charge < -0.3 is 10.0 Å². The maximum Gasteiger partial charge on any atom is 0.319 e. The molecule has 1 aliphatic heterocycles. The Morgan fingerprint density at radius 3 is 2.12 bits per heavy atom. The van der Waals surface area contributed by atoms with Crippen molar-refractivity contribution in [2.45, 2.75) is 18.6 Å². The molecule has 1 saturated heterocycles. The molecule has 130 valence electrons. The van der Waals surface area contributed by atoms with Gasteiger partial charge in [0.15, 0.2) is 0 Å². The van der Waals surface area contributed by atoms with Gasteiger partial charge in [0.1, 0.15) is 5.41 Å². The Morgan fingerprint density at radius 1 is 1.04 bits per heavy atom. The largest absolute Gasteiger partial charge is 0.480 e. The Hall–Kier alpha value is -1.93. The minimum Gasteiger partial charge on any atom is -0.480 e. The number of benzene rings is 1. The van der Waals surface area contributed by atoms with Crippen LogP contribution in [0, 0.1) is 5.41 Å². The van der Waals surface area contributed by atoms with Gasteiger partial charge in [0, 0.05) is 26.2 Å². The van der Waals surface area contributed by atoms with Crippen molar-refractivity contribution in [2.24, 2.45) is 5.41 Å². The number of aliphatic carboxylic acids is 1. The molecule has 2 aliphatic rings. The second-order valence-corrected chi connectivity index (χ2v) is 8.29. The fraction of sp³-hybridized carbons (Fsp3) is 0.500. The topological polar surface area (TPSA) is 95.0 Å². The predicted octanol–water partition coefficient (Wildman–Crippen LogP) is 0.525. The zero-order valence-electron chi connectivity index (χ0n) is 13.2. The summed E-state index contributed by atoms with van der Waals surface area (Å²) >= 11 is 0. The molecule has 1 aromatic rings. The molecule has 1 amide bonds. The zero-order chi connectivity index (χ0) is 17.4. The van der Waals surface area contributed by atoms with E-state index < -0.39 is 21.4 Å². The zero-order valence-corrected chi connectivity index (χ0v) is 14.0. The van der Waals surface area contributed by atoms with Crippen LogP contribution in [0.25, 0.3) is 0 Å². The van der Waals surface area contributed by atoms with Crippen LogP contribution in [-0.2, 0) is 25.4 Å². The van der Waals surface area contributed by atoms with Gasteiger partial charge in [-0.15, -0.1) is 0 Å². The Morgan fingerprint density at radius 2 is 1.62 bits per heavy atom. The Kier molecular flexibility index (Phi) is 4.35. The van der Waals surface area contributed by atoms with Crippen molar-refractivity contribution >= 4 is 21.9 Å². The summed E-state index contributed by atoms with van der Waals surface area (Å²) in [4.78, 5) is 25.1. The van der Waals surface area contributed by atoms with E-state index in [1.54, 1.807) is 24.3 Å². The lowest BCUT2D eigenvalue weighted by molar-refractivity contribution is -0.154. The van der Waals surface area contributed by atoms with Crippen LogP contribution in [0.2, 0.25) is 0 Å². The third-order valence-electron chi connectivity index (χ3n) is 4.68. The van der Waals surface area contributed by atoms with Crippen LogP contribution in [0.4, 0.5) is 0 Å². The van der Waals surface area contributed by atoms with Gasteiger partial charge in [-0.25, -0.2) is 8.42 Å². The third kappa shape index (κ3) is 3.16. The summed E-state index contributed by atoms with van der Waals surface area (Å²) in [6, 6.07) is 8.95. The number of rotatable bonds is 5. The molecular formula is C16H20N2O5S. The minimum atomic E-state index is -3.44. The second kappa shape index (κ2) is 6.18. The van der Waals surface area contributed by atoms with E-state index in [0.29, 0.717) is 12.8 Å². The smallest absolute Gasteiger partial charge is 0.319 e. The van der Waals surface area contributed by atoms with Crippen molar-refractivity contribution in [1.29, 1.82) is 0 Å². The molecule has 1 heterocycles. The fourth-order valence-corrected chi connectivity index (χ4v) is 4.51. The summed E-state index contributed by atoms with van der Waals surface area (Å²) in [6.07, 6.45) is 0.737. The van der Waals surface area contributed by atoms with Crippen molar-refractivity contribution in [3.63, 3.8) is 0 Å². The Balaban J connectivity index is 1.61. The maximum absolute atomic E-state index is 12.5. The fourth-order valence-electron chi connectivity index (χ4n) is 2.99. The van der Waals surface area contributed by atoms with E-state index in [2.05, 4.69) is 0 Å². The number of piperazine rings is 1. The first-order valence-corrected chi connectivity index (χ1v) is 9.51. The number of sulfonamides is 1. The average molecular weight is 352 g/mol. The van der Waals surface area contributed by atoms with Crippen LogP contribution in [0.15, 0.2) is 30.3 Å². The first-order valence-electron chi connectivity index (χ1n) is 7.90. The van der Waals surface area contributed by atoms with Crippen molar-refractivity contribution in [3.8, 4) is 0 Å². The van der Waals surface area contributed by atoms with E-state index in [1.807, 2.05) is 6.07 Å². The highest BCUT2D eigenvalue weighted by molar-refractivity contribution is 7.88. The molecule has 3 rings (SSSR count). The summed E-state index contributed by atoms with van der Waals surface area (Å²) in [5.41, 5.74) is -0.538. The van der Waals surface area contributed by atoms with Gasteiger partial charge in [-0.3, -0.25) is 9.59 Å². The number of hydrogen-bond donors (Lipinski definition) is 1. The number of nitrogens with zero attached hydrogens (tertiary/aromatic N) is 2. The van der Waals surface area contributed by atoms with E-state index in [-0.39, 0.29) is 37.8 Å². The first-order chi connectivity index (χ1) is 11.3. The minimum absolute atomic E-state index is 0.0686. The van der Waals surface area contributed by atoms with Gasteiger partial charge in [0.2, 0.25) is 15.9 Å². The number of carbonyl (C=O) groups excluding carboxylic acids is 1. The van der Waals surface area contributed by atoms with E-state index in [9.17, 15) is 23.1 Å². The van der Waals surface area contributed by atoms with E-state index >= 15 is 0 Å². The highest BCUT2D eigenvalue weighted by Gasteiger charge is 2.58. The van der Waals surface area contributed by atoms with Crippen LogP contribution in [0.5, 0.6) is 0 Å². The monoisotopic (exact) mass is 352 g/mol. The summed E-state index contributed by atoms with van der Waals surface area (Å²) in [5, 5.41) is 9.20. The molecule has 0 radical (unpaired) electrons. The first kappa shape index (κ1) is 16.9. The van der Waals surface area contributed by atoms with Gasteiger partial charge in [-0.2, -0.15) is 4.31 Å². The molecule has 24 heavy (non-hydrogen) atoms. The van der Waals surface area contributed by atoms with E-state index in [4.69, 9.17) is 0 Å². The van der Waals surface area contributed by atoms with Gasteiger partial charge in [-0.1, -0.05) is 30.3 Å². The van der Waals surface area contributed by atoms with Crippen molar-refractivity contribution < 1.29 is 23.1 Å². The predicted molar refractivity (Wildman–Crippen MR) is 86.5 cm³/mol. The Labute approximate surface area is 140 Å². The summed E-state index contributed by atoms with van der Waals surface area (Å²) in [5.74, 6) is -1.53. The number of carbonyl (C=O) groups is 2. The maximum atomic E-state index is 12.5. The molecule has 0 bridgehead atoms. The molecule has 0 unspecified atom stereocenters. The lowest BCUT2D eigenvalue weighted by Crippen LogP contribution is -2.53. The second-order valence-electron chi connectivity index (χ2n) is 6.32. The number of carboxylic acids is 1. The Bertz CT molecular complexity index is 735. The van der Waals surface area contributed by atoms with Gasteiger partial charge >= 0.3 is 5.97 Å². The van der Waals surface area contributed by atoms with E-state index in [1.165, 1.54) is 9.21 Å². The molecule has 1 aliphatic carbocycles. The lowest BCUT2D eigenvalue weighted by atomic mass is 10.1. The quantitative estimate of drug-likeness (QED) is 0.780. The van der Waals surface area contributed by atoms with Gasteiger partial charge in [0.05, 0.1) is 5.75 Å². The molecule has 7 nitrogen and oxygen atoms in total. The van der Waals surface area contributed by atoms with Crippen LogP contribution in [0.1, 0.15) is 18.4 Å². The van der Waals surface area contributed by atoms with Crippen LogP contribution < -0.4 is 0 Å². The molecule has 0 aromatic heterocycles. The van der Waals surface area contributed by atoms with E-state index in [0.717, 1.165) is 5.56 Å². The third-order valence-corrected chi connectivity index (χ3v) is 6.53. The van der Waals surface area contributed by atoms with Gasteiger partial charge in [-0.05, 0) is 18.4 Å². The van der Waals surface area contributed by atoms with Gasteiger partial charge in [0.25, 0.3) is 0 Å². The molecule has 1 saturated carbocycles. The lowest BCUT2D eigenvalue weighted by Gasteiger charge is -2.35. The normalized spacial score (nSPS) is 20.6.